The van der Waals surface area contributed by atoms with Gasteiger partial charge in [-0.25, -0.2) is 13.1 Å². The summed E-state index contributed by atoms with van der Waals surface area (Å²) in [6.07, 6.45) is 2.92. The van der Waals surface area contributed by atoms with Crippen molar-refractivity contribution in [3.8, 4) is 0 Å². The van der Waals surface area contributed by atoms with Crippen molar-refractivity contribution in [2.75, 3.05) is 6.54 Å². The smallest absolute Gasteiger partial charge is 0.242 e. The molecule has 0 saturated heterocycles. The molecule has 0 saturated carbocycles. The fraction of sp³-hybridized carbons (Fsp3) is 0.615. The van der Waals surface area contributed by atoms with E-state index in [4.69, 9.17) is 0 Å². The van der Waals surface area contributed by atoms with Crippen molar-refractivity contribution in [3.05, 3.63) is 24.5 Å². The second-order valence-corrected chi connectivity index (χ2v) is 6.96. The molecule has 0 aliphatic rings. The molecule has 1 aromatic rings. The summed E-state index contributed by atoms with van der Waals surface area (Å²) in [5, 5.41) is 0. The van der Waals surface area contributed by atoms with Gasteiger partial charge < -0.3 is 0 Å². The van der Waals surface area contributed by atoms with Crippen LogP contribution in [0.2, 0.25) is 0 Å². The number of nitrogens with one attached hydrogen (secondary N) is 1. The fourth-order valence-electron chi connectivity index (χ4n) is 2.04. The van der Waals surface area contributed by atoms with Crippen molar-refractivity contribution in [1.29, 1.82) is 0 Å². The second-order valence-electron chi connectivity index (χ2n) is 5.19. The van der Waals surface area contributed by atoms with Crippen LogP contribution in [0.5, 0.6) is 0 Å². The largest absolute Gasteiger partial charge is 0.263 e. The van der Waals surface area contributed by atoms with Crippen molar-refractivity contribution in [3.63, 3.8) is 0 Å². The van der Waals surface area contributed by atoms with Crippen LogP contribution in [0.15, 0.2) is 29.4 Å². The molecule has 4 nitrogen and oxygen atoms in total. The highest BCUT2D eigenvalue weighted by atomic mass is 32.2. The van der Waals surface area contributed by atoms with Crippen LogP contribution in [-0.4, -0.2) is 19.9 Å². The molecule has 5 heteroatoms. The third kappa shape index (κ3) is 4.07. The summed E-state index contributed by atoms with van der Waals surface area (Å²) in [5.41, 5.74) is 0. The molecular formula is C13H22N2O2S. The van der Waals surface area contributed by atoms with Crippen LogP contribution in [0.4, 0.5) is 0 Å². The van der Waals surface area contributed by atoms with E-state index in [2.05, 4.69) is 37.4 Å². The van der Waals surface area contributed by atoms with Gasteiger partial charge in [0.2, 0.25) is 10.0 Å². The number of hydrogen-bond donors (Lipinski definition) is 1. The fourth-order valence-corrected chi connectivity index (χ4v) is 3.07. The first-order chi connectivity index (χ1) is 8.34. The molecule has 0 aliphatic carbocycles. The third-order valence-electron chi connectivity index (χ3n) is 3.17. The Morgan fingerprint density at radius 1 is 1.22 bits per heavy atom. The Kier molecular flexibility index (Phi) is 5.28. The van der Waals surface area contributed by atoms with Crippen molar-refractivity contribution in [2.45, 2.75) is 32.6 Å². The lowest BCUT2D eigenvalue weighted by molar-refractivity contribution is 0.289. The van der Waals surface area contributed by atoms with Crippen LogP contribution < -0.4 is 4.72 Å². The van der Waals surface area contributed by atoms with E-state index in [0.29, 0.717) is 24.3 Å². The summed E-state index contributed by atoms with van der Waals surface area (Å²) in [5.74, 6) is 1.22. The molecule has 18 heavy (non-hydrogen) atoms. The first-order valence-electron chi connectivity index (χ1n) is 6.24. The molecule has 1 rings (SSSR count). The van der Waals surface area contributed by atoms with Crippen molar-refractivity contribution in [1.82, 2.24) is 9.71 Å². The van der Waals surface area contributed by atoms with Crippen LogP contribution in [0.25, 0.3) is 0 Å². The number of aromatic nitrogens is 1. The zero-order valence-corrected chi connectivity index (χ0v) is 12.2. The van der Waals surface area contributed by atoms with Crippen molar-refractivity contribution in [2.24, 2.45) is 17.8 Å². The van der Waals surface area contributed by atoms with E-state index in [0.717, 1.165) is 0 Å². The van der Waals surface area contributed by atoms with Gasteiger partial charge in [0.05, 0.1) is 0 Å². The molecule has 1 N–H and O–H groups in total. The van der Waals surface area contributed by atoms with Crippen LogP contribution in [0, 0.1) is 17.8 Å². The predicted octanol–water partition coefficient (Wildman–Crippen LogP) is 2.29. The lowest BCUT2D eigenvalue weighted by Gasteiger charge is -2.24. The standard InChI is InChI=1S/C13H22N2O2S/c1-10(2)13(11(3)4)9-15-18(16,17)12-6-5-7-14-8-12/h5-8,10-11,13,15H,9H2,1-4H3. The maximum absolute atomic E-state index is 12.0. The summed E-state index contributed by atoms with van der Waals surface area (Å²) in [6, 6.07) is 3.17. The minimum absolute atomic E-state index is 0.219. The first kappa shape index (κ1) is 15.1. The highest BCUT2D eigenvalue weighted by Gasteiger charge is 2.21. The van der Waals surface area contributed by atoms with Gasteiger partial charge in [-0.05, 0) is 29.9 Å². The van der Waals surface area contributed by atoms with Gasteiger partial charge in [-0.3, -0.25) is 4.98 Å². The highest BCUT2D eigenvalue weighted by Crippen LogP contribution is 2.20. The Morgan fingerprint density at radius 2 is 1.83 bits per heavy atom. The number of nitrogens with zero attached hydrogens (tertiary/aromatic N) is 1. The van der Waals surface area contributed by atoms with Crippen molar-refractivity contribution >= 4 is 10.0 Å². The van der Waals surface area contributed by atoms with Gasteiger partial charge in [0.15, 0.2) is 0 Å². The average molecular weight is 270 g/mol. The lowest BCUT2D eigenvalue weighted by Crippen LogP contribution is -2.34. The van der Waals surface area contributed by atoms with E-state index in [-0.39, 0.29) is 4.90 Å². The second kappa shape index (κ2) is 6.29. The van der Waals surface area contributed by atoms with Gasteiger partial charge >= 0.3 is 0 Å². The molecule has 0 unspecified atom stereocenters. The summed E-state index contributed by atoms with van der Waals surface area (Å²) in [4.78, 5) is 4.05. The Bertz CT molecular complexity index is 447. The summed E-state index contributed by atoms with van der Waals surface area (Å²) >= 11 is 0. The average Bonchev–Trinajstić information content (AvgIpc) is 2.29. The SMILES string of the molecule is CC(C)C(CNS(=O)(=O)c1cccnc1)C(C)C. The van der Waals surface area contributed by atoms with Gasteiger partial charge in [0.1, 0.15) is 4.90 Å². The number of rotatable bonds is 6. The molecule has 0 aliphatic heterocycles. The highest BCUT2D eigenvalue weighted by molar-refractivity contribution is 7.89. The molecular weight excluding hydrogens is 248 g/mol. The van der Waals surface area contributed by atoms with Crippen LogP contribution >= 0.6 is 0 Å². The summed E-state index contributed by atoms with van der Waals surface area (Å²) in [7, 11) is -3.43. The van der Waals surface area contributed by atoms with Gasteiger partial charge in [0, 0.05) is 18.9 Å². The van der Waals surface area contributed by atoms with E-state index in [1.807, 2.05) is 0 Å². The van der Waals surface area contributed by atoms with E-state index < -0.39 is 10.0 Å². The minimum atomic E-state index is -3.43. The molecule has 102 valence electrons. The molecule has 0 radical (unpaired) electrons. The van der Waals surface area contributed by atoms with E-state index in [1.54, 1.807) is 18.3 Å². The van der Waals surface area contributed by atoms with E-state index >= 15 is 0 Å². The monoisotopic (exact) mass is 270 g/mol. The lowest BCUT2D eigenvalue weighted by atomic mass is 9.86. The first-order valence-corrected chi connectivity index (χ1v) is 7.72. The van der Waals surface area contributed by atoms with Gasteiger partial charge in [-0.2, -0.15) is 0 Å². The molecule has 0 fully saturated rings. The Morgan fingerprint density at radius 3 is 2.28 bits per heavy atom. The zero-order chi connectivity index (χ0) is 13.8. The van der Waals surface area contributed by atoms with Crippen LogP contribution in [0.3, 0.4) is 0 Å². The maximum Gasteiger partial charge on any atom is 0.242 e. The maximum atomic E-state index is 12.0. The van der Waals surface area contributed by atoms with E-state index in [9.17, 15) is 8.42 Å². The molecule has 1 heterocycles. The third-order valence-corrected chi connectivity index (χ3v) is 4.58. The topological polar surface area (TPSA) is 59.1 Å². The van der Waals surface area contributed by atoms with Gasteiger partial charge in [0.25, 0.3) is 0 Å². The molecule has 1 aromatic heterocycles. The van der Waals surface area contributed by atoms with Crippen LogP contribution in [0.1, 0.15) is 27.7 Å². The summed E-state index contributed by atoms with van der Waals surface area (Å²) in [6.45, 7) is 8.92. The van der Waals surface area contributed by atoms with Gasteiger partial charge in [-0.1, -0.05) is 27.7 Å². The zero-order valence-electron chi connectivity index (χ0n) is 11.4. The van der Waals surface area contributed by atoms with Crippen molar-refractivity contribution < 1.29 is 8.42 Å². The summed E-state index contributed by atoms with van der Waals surface area (Å²) < 4.78 is 26.7. The van der Waals surface area contributed by atoms with E-state index in [1.165, 1.54) is 6.20 Å². The molecule has 0 spiro atoms. The Balaban J connectivity index is 2.73. The normalized spacial score (nSPS) is 12.6. The number of pyridine rings is 1. The number of sulfonamides is 1. The molecule has 0 amide bonds. The van der Waals surface area contributed by atoms with Gasteiger partial charge in [-0.15, -0.1) is 0 Å². The minimum Gasteiger partial charge on any atom is -0.263 e. The Labute approximate surface area is 110 Å². The predicted molar refractivity (Wildman–Crippen MR) is 72.6 cm³/mol. The molecule has 0 aromatic carbocycles. The Hall–Kier alpha value is -0.940. The number of hydrogen-bond acceptors (Lipinski definition) is 3. The van der Waals surface area contributed by atoms with Crippen LogP contribution in [-0.2, 0) is 10.0 Å². The quantitative estimate of drug-likeness (QED) is 0.862. The molecule has 0 bridgehead atoms. The molecule has 0 atom stereocenters.